The molecule has 0 bridgehead atoms. The van der Waals surface area contributed by atoms with Crippen LogP contribution >= 0.6 is 0 Å². The Morgan fingerprint density at radius 2 is 1.14 bits per heavy atom. The third-order valence-corrected chi connectivity index (χ3v) is 0.697. The molecule has 72 valence electrons. The molecule has 0 aromatic heterocycles. The maximum Gasteiger partial charge on any atom is 1.00 e. The third kappa shape index (κ3) is 38.1. The standard InChI is InChI=1S/2C3H7NO2.K.Li/c2*4-2-1-3(5)6;;/h2*1-2,4H2,(H,5,6);;/q;;2*+1/p-2. The molecule has 0 saturated heterocycles. The summed E-state index contributed by atoms with van der Waals surface area (Å²) in [5.41, 5.74) is 9.62. The minimum atomic E-state index is -1.09. The Morgan fingerprint density at radius 3 is 1.14 bits per heavy atom. The largest absolute Gasteiger partial charge is 1.00 e. The molecule has 6 nitrogen and oxygen atoms in total. The van der Waals surface area contributed by atoms with Crippen LogP contribution in [-0.4, -0.2) is 25.0 Å². The van der Waals surface area contributed by atoms with Gasteiger partial charge in [-0.3, -0.25) is 0 Å². The first-order chi connectivity index (χ1) is 5.54. The number of nitrogens with two attached hydrogens (primary N) is 2. The Labute approximate surface area is 137 Å². The van der Waals surface area contributed by atoms with Crippen LogP contribution < -0.4 is 91.9 Å². The van der Waals surface area contributed by atoms with Crippen molar-refractivity contribution in [2.45, 2.75) is 12.8 Å². The fourth-order valence-corrected chi connectivity index (χ4v) is 0.236. The molecule has 4 N–H and O–H groups in total. The maximum atomic E-state index is 9.41. The van der Waals surface area contributed by atoms with Gasteiger partial charge in [-0.2, -0.15) is 0 Å². The summed E-state index contributed by atoms with van der Waals surface area (Å²) in [6.07, 6.45) is -0.0833. The van der Waals surface area contributed by atoms with E-state index in [9.17, 15) is 19.8 Å². The van der Waals surface area contributed by atoms with Crippen molar-refractivity contribution in [3.8, 4) is 0 Å². The molecule has 0 saturated carbocycles. The molecule has 0 aliphatic heterocycles. The molecule has 0 aromatic carbocycles. The van der Waals surface area contributed by atoms with Crippen LogP contribution in [-0.2, 0) is 9.59 Å². The van der Waals surface area contributed by atoms with Crippen molar-refractivity contribution in [2.24, 2.45) is 11.5 Å². The van der Waals surface area contributed by atoms with Crippen molar-refractivity contribution >= 4 is 11.9 Å². The van der Waals surface area contributed by atoms with Crippen LogP contribution in [0.1, 0.15) is 12.8 Å². The molecule has 0 radical (unpaired) electrons. The van der Waals surface area contributed by atoms with Gasteiger partial charge in [-0.1, -0.05) is 0 Å². The summed E-state index contributed by atoms with van der Waals surface area (Å²) < 4.78 is 0. The molecule has 0 aromatic rings. The Hall–Kier alpha value is 1.09. The topological polar surface area (TPSA) is 132 Å². The minimum Gasteiger partial charge on any atom is -0.550 e. The van der Waals surface area contributed by atoms with Crippen LogP contribution in [0.25, 0.3) is 0 Å². The number of aliphatic carboxylic acids is 2. The summed E-state index contributed by atoms with van der Waals surface area (Å²) >= 11 is 0. The first-order valence-electron chi connectivity index (χ1n) is 3.34. The number of hydrogen-bond donors (Lipinski definition) is 2. The van der Waals surface area contributed by atoms with E-state index in [2.05, 4.69) is 0 Å². The first-order valence-corrected chi connectivity index (χ1v) is 3.34. The van der Waals surface area contributed by atoms with E-state index in [0.29, 0.717) is 0 Å². The molecule has 14 heavy (non-hydrogen) atoms. The van der Waals surface area contributed by atoms with Gasteiger partial charge < -0.3 is 31.3 Å². The van der Waals surface area contributed by atoms with Crippen molar-refractivity contribution in [3.05, 3.63) is 0 Å². The van der Waals surface area contributed by atoms with Crippen LogP contribution in [0.4, 0.5) is 0 Å². The molecule has 0 unspecified atom stereocenters. The van der Waals surface area contributed by atoms with Crippen molar-refractivity contribution in [2.75, 3.05) is 13.1 Å². The quantitative estimate of drug-likeness (QED) is 0.454. The van der Waals surface area contributed by atoms with E-state index in [4.69, 9.17) is 11.5 Å². The molecule has 0 spiro atoms. The predicted molar refractivity (Wildman–Crippen MR) is 37.4 cm³/mol. The van der Waals surface area contributed by atoms with Gasteiger partial charge in [0, 0.05) is 11.9 Å². The van der Waals surface area contributed by atoms with Crippen LogP contribution in [0.2, 0.25) is 0 Å². The zero-order chi connectivity index (χ0) is 9.98. The summed E-state index contributed by atoms with van der Waals surface area (Å²) in [5.74, 6) is -2.17. The van der Waals surface area contributed by atoms with Gasteiger partial charge >= 0.3 is 70.2 Å². The van der Waals surface area contributed by atoms with Gasteiger partial charge in [0.05, 0.1) is 0 Å². The predicted octanol–water partition coefficient (Wildman–Crippen LogP) is -9.82. The van der Waals surface area contributed by atoms with Crippen molar-refractivity contribution in [3.63, 3.8) is 0 Å². The molecule has 0 amide bonds. The summed E-state index contributed by atoms with van der Waals surface area (Å²) in [5, 5.41) is 18.8. The first kappa shape index (κ1) is 24.4. The van der Waals surface area contributed by atoms with E-state index in [1.165, 1.54) is 0 Å². The molecule has 0 atom stereocenters. The Balaban J connectivity index is -0.0000000625. The summed E-state index contributed by atoms with van der Waals surface area (Å²) in [6.45, 7) is 0.338. The van der Waals surface area contributed by atoms with Crippen LogP contribution in [0.5, 0.6) is 0 Å². The minimum absolute atomic E-state index is 0. The fraction of sp³-hybridized carbons (Fsp3) is 0.667. The molecule has 0 heterocycles. The van der Waals surface area contributed by atoms with Gasteiger partial charge in [0.25, 0.3) is 0 Å². The smallest absolute Gasteiger partial charge is 0.550 e. The number of carbonyl (C=O) groups excluding carboxylic acids is 2. The second-order valence-corrected chi connectivity index (χ2v) is 1.82. The van der Waals surface area contributed by atoms with Crippen LogP contribution in [0.3, 0.4) is 0 Å². The second-order valence-electron chi connectivity index (χ2n) is 1.82. The average molecular weight is 222 g/mol. The number of carbonyl (C=O) groups is 2. The van der Waals surface area contributed by atoms with E-state index in [1.807, 2.05) is 0 Å². The SMILES string of the molecule is NCCC(=O)[O-].NCCC(=O)[O-].[K+].[Li+]. The zero-order valence-electron chi connectivity index (χ0n) is 8.62. The molecular formula is C6H12KLiN2O4. The molecule has 0 fully saturated rings. The van der Waals surface area contributed by atoms with Gasteiger partial charge in [0.2, 0.25) is 0 Å². The molecule has 0 rings (SSSR count). The van der Waals surface area contributed by atoms with Crippen molar-refractivity contribution < 1.29 is 90.0 Å². The van der Waals surface area contributed by atoms with Gasteiger partial charge in [0.15, 0.2) is 0 Å². The number of rotatable bonds is 4. The average Bonchev–Trinajstić information content (AvgIpc) is 1.87. The van der Waals surface area contributed by atoms with Gasteiger partial charge in [-0.05, 0) is 25.9 Å². The van der Waals surface area contributed by atoms with Gasteiger partial charge in [-0.25, -0.2) is 0 Å². The molecule has 0 aliphatic rings. The zero-order valence-corrected chi connectivity index (χ0v) is 11.7. The van der Waals surface area contributed by atoms with Gasteiger partial charge in [0.1, 0.15) is 0 Å². The number of hydrogen-bond acceptors (Lipinski definition) is 6. The molecule has 0 aliphatic carbocycles. The van der Waals surface area contributed by atoms with E-state index >= 15 is 0 Å². The summed E-state index contributed by atoms with van der Waals surface area (Å²) in [6, 6.07) is 0. The van der Waals surface area contributed by atoms with Crippen LogP contribution in [0.15, 0.2) is 0 Å². The van der Waals surface area contributed by atoms with E-state index in [1.54, 1.807) is 0 Å². The Bertz CT molecular complexity index is 132. The monoisotopic (exact) mass is 222 g/mol. The Kier molecular flexibility index (Phi) is 34.2. The van der Waals surface area contributed by atoms with Crippen molar-refractivity contribution in [1.82, 2.24) is 0 Å². The van der Waals surface area contributed by atoms with E-state index < -0.39 is 11.9 Å². The van der Waals surface area contributed by atoms with Crippen LogP contribution in [0, 0.1) is 0 Å². The summed E-state index contributed by atoms with van der Waals surface area (Å²) in [7, 11) is 0. The fourth-order valence-electron chi connectivity index (χ4n) is 0.236. The van der Waals surface area contributed by atoms with Gasteiger partial charge in [-0.15, -0.1) is 0 Å². The molecular weight excluding hydrogens is 210 g/mol. The third-order valence-electron chi connectivity index (χ3n) is 0.697. The maximum absolute atomic E-state index is 9.41. The Morgan fingerprint density at radius 1 is 0.929 bits per heavy atom. The number of carboxylic acids is 2. The van der Waals surface area contributed by atoms with Crippen molar-refractivity contribution in [1.29, 1.82) is 0 Å². The summed E-state index contributed by atoms with van der Waals surface area (Å²) in [4.78, 5) is 18.8. The van der Waals surface area contributed by atoms with E-state index in [-0.39, 0.29) is 96.2 Å². The normalized spacial score (nSPS) is 7.00. The number of carboxylic acid groups (broad SMARTS) is 2. The van der Waals surface area contributed by atoms with E-state index in [0.717, 1.165) is 0 Å². The second kappa shape index (κ2) is 19.6. The molecule has 8 heteroatoms.